The molecule has 156 valence electrons. The Bertz CT molecular complexity index is 765. The summed E-state index contributed by atoms with van der Waals surface area (Å²) >= 11 is 1.47. The summed E-state index contributed by atoms with van der Waals surface area (Å²) in [6, 6.07) is 7.98. The first kappa shape index (κ1) is 24.7. The number of likely N-dealkylation sites (tertiary alicyclic amines) is 1. The zero-order chi connectivity index (χ0) is 18.7. The lowest BCUT2D eigenvalue weighted by molar-refractivity contribution is 0.0665. The number of rotatable bonds is 5. The van der Waals surface area contributed by atoms with Gasteiger partial charge in [-0.25, -0.2) is 4.98 Å². The zero-order valence-corrected chi connectivity index (χ0v) is 19.0. The van der Waals surface area contributed by atoms with Crippen molar-refractivity contribution in [2.45, 2.75) is 39.7 Å². The second-order valence-corrected chi connectivity index (χ2v) is 7.90. The van der Waals surface area contributed by atoms with E-state index in [-0.39, 0.29) is 36.8 Å². The van der Waals surface area contributed by atoms with Crippen molar-refractivity contribution < 1.29 is 9.53 Å². The number of halogens is 2. The molecule has 3 rings (SSSR count). The van der Waals surface area contributed by atoms with Gasteiger partial charge in [0.05, 0.1) is 12.3 Å². The van der Waals surface area contributed by atoms with Crippen LogP contribution >= 0.6 is 36.2 Å². The Morgan fingerprint density at radius 1 is 1.36 bits per heavy atom. The van der Waals surface area contributed by atoms with Gasteiger partial charge in [-0.2, -0.15) is 0 Å². The summed E-state index contributed by atoms with van der Waals surface area (Å²) in [4.78, 5) is 20.3. The summed E-state index contributed by atoms with van der Waals surface area (Å²) in [5, 5.41) is 0.870. The van der Waals surface area contributed by atoms with Gasteiger partial charge in [0.25, 0.3) is 5.91 Å². The maximum absolute atomic E-state index is 13.0. The molecule has 2 N–H and O–H groups in total. The number of piperidine rings is 1. The van der Waals surface area contributed by atoms with E-state index in [4.69, 9.17) is 10.5 Å². The highest BCUT2D eigenvalue weighted by Crippen LogP contribution is 2.31. The second-order valence-electron chi connectivity index (χ2n) is 6.90. The SMILES string of the molecule is CCOc1ccc(-c2nc(C)c(C(=O)N3CCCC(C(C)N)C3)s2)cc1.Cl.Cl. The predicted molar refractivity (Wildman–Crippen MR) is 120 cm³/mol. The molecule has 2 unspecified atom stereocenters. The first-order chi connectivity index (χ1) is 12.5. The quantitative estimate of drug-likeness (QED) is 0.731. The summed E-state index contributed by atoms with van der Waals surface area (Å²) in [6.45, 7) is 8.10. The molecule has 5 nitrogen and oxygen atoms in total. The van der Waals surface area contributed by atoms with Crippen LogP contribution in [0.1, 0.15) is 42.1 Å². The van der Waals surface area contributed by atoms with Gasteiger partial charge in [-0.05, 0) is 63.8 Å². The van der Waals surface area contributed by atoms with Crippen molar-refractivity contribution in [3.8, 4) is 16.3 Å². The van der Waals surface area contributed by atoms with E-state index in [0.717, 1.165) is 52.8 Å². The molecule has 1 fully saturated rings. The number of nitrogens with zero attached hydrogens (tertiary/aromatic N) is 2. The van der Waals surface area contributed by atoms with Crippen molar-refractivity contribution in [2.75, 3.05) is 19.7 Å². The third-order valence-electron chi connectivity index (χ3n) is 4.89. The summed E-state index contributed by atoms with van der Waals surface area (Å²) in [5.41, 5.74) is 7.86. The van der Waals surface area contributed by atoms with Gasteiger partial charge in [-0.15, -0.1) is 36.2 Å². The second kappa shape index (κ2) is 11.0. The van der Waals surface area contributed by atoms with Crippen LogP contribution in [0.4, 0.5) is 0 Å². The number of amides is 1. The van der Waals surface area contributed by atoms with Crippen molar-refractivity contribution in [2.24, 2.45) is 11.7 Å². The largest absolute Gasteiger partial charge is 0.494 e. The van der Waals surface area contributed by atoms with Crippen LogP contribution in [-0.2, 0) is 0 Å². The molecule has 1 aromatic heterocycles. The Balaban J connectivity index is 0.00000196. The van der Waals surface area contributed by atoms with Crippen LogP contribution < -0.4 is 10.5 Å². The third-order valence-corrected chi connectivity index (χ3v) is 6.09. The third kappa shape index (κ3) is 5.60. The number of carbonyl (C=O) groups excluding carboxylic acids is 1. The molecule has 2 aromatic rings. The fourth-order valence-electron chi connectivity index (χ4n) is 3.35. The number of thiazole rings is 1. The molecule has 0 spiro atoms. The van der Waals surface area contributed by atoms with Crippen LogP contribution in [0, 0.1) is 12.8 Å². The first-order valence-electron chi connectivity index (χ1n) is 9.25. The van der Waals surface area contributed by atoms with E-state index in [1.807, 2.05) is 49.9 Å². The lowest BCUT2D eigenvalue weighted by Gasteiger charge is -2.34. The summed E-state index contributed by atoms with van der Waals surface area (Å²) in [5.74, 6) is 1.31. The molecular formula is C20H29Cl2N3O2S. The van der Waals surface area contributed by atoms with Crippen LogP contribution in [0.15, 0.2) is 24.3 Å². The number of aromatic nitrogens is 1. The van der Waals surface area contributed by atoms with E-state index in [1.165, 1.54) is 11.3 Å². The number of carbonyl (C=O) groups is 1. The van der Waals surface area contributed by atoms with Crippen molar-refractivity contribution in [1.29, 1.82) is 0 Å². The van der Waals surface area contributed by atoms with Gasteiger partial charge in [0.2, 0.25) is 0 Å². The van der Waals surface area contributed by atoms with E-state index in [2.05, 4.69) is 4.98 Å². The molecule has 8 heteroatoms. The Hall–Kier alpha value is -1.34. The molecule has 1 saturated heterocycles. The van der Waals surface area contributed by atoms with Gasteiger partial charge in [-0.3, -0.25) is 4.79 Å². The topological polar surface area (TPSA) is 68.5 Å². The summed E-state index contributed by atoms with van der Waals surface area (Å²) in [7, 11) is 0. The molecule has 0 bridgehead atoms. The number of nitrogens with two attached hydrogens (primary N) is 1. The molecule has 1 amide bonds. The Kier molecular flexibility index (Phi) is 9.70. The van der Waals surface area contributed by atoms with Gasteiger partial charge in [-0.1, -0.05) is 0 Å². The van der Waals surface area contributed by atoms with E-state index in [0.29, 0.717) is 12.5 Å². The van der Waals surface area contributed by atoms with Crippen LogP contribution in [0.25, 0.3) is 10.6 Å². The molecule has 2 atom stereocenters. The maximum Gasteiger partial charge on any atom is 0.265 e. The lowest BCUT2D eigenvalue weighted by atomic mass is 9.92. The molecule has 0 aliphatic carbocycles. The number of benzene rings is 1. The Labute approximate surface area is 183 Å². The van der Waals surface area contributed by atoms with E-state index in [9.17, 15) is 4.79 Å². The van der Waals surface area contributed by atoms with Gasteiger partial charge < -0.3 is 15.4 Å². The normalized spacial score (nSPS) is 17.3. The minimum atomic E-state index is 0. The van der Waals surface area contributed by atoms with Gasteiger partial charge in [0, 0.05) is 24.7 Å². The highest BCUT2D eigenvalue weighted by atomic mass is 35.5. The number of ether oxygens (including phenoxy) is 1. The molecule has 0 saturated carbocycles. The smallest absolute Gasteiger partial charge is 0.265 e. The highest BCUT2D eigenvalue weighted by molar-refractivity contribution is 7.17. The first-order valence-corrected chi connectivity index (χ1v) is 10.1. The van der Waals surface area contributed by atoms with Crippen molar-refractivity contribution in [3.63, 3.8) is 0 Å². The lowest BCUT2D eigenvalue weighted by Crippen LogP contribution is -2.45. The fourth-order valence-corrected chi connectivity index (χ4v) is 4.39. The average molecular weight is 446 g/mol. The summed E-state index contributed by atoms with van der Waals surface area (Å²) in [6.07, 6.45) is 2.11. The molecule has 2 heterocycles. The minimum absolute atomic E-state index is 0. The van der Waals surface area contributed by atoms with Crippen molar-refractivity contribution >= 4 is 42.1 Å². The minimum Gasteiger partial charge on any atom is -0.494 e. The number of aryl methyl sites for hydroxylation is 1. The summed E-state index contributed by atoms with van der Waals surface area (Å²) < 4.78 is 5.48. The molecule has 0 radical (unpaired) electrons. The maximum atomic E-state index is 13.0. The van der Waals surface area contributed by atoms with Crippen LogP contribution in [-0.4, -0.2) is 41.5 Å². The van der Waals surface area contributed by atoms with E-state index in [1.54, 1.807) is 0 Å². The molecule has 1 aliphatic rings. The molecule has 1 aliphatic heterocycles. The monoisotopic (exact) mass is 445 g/mol. The van der Waals surface area contributed by atoms with Gasteiger partial charge in [0.15, 0.2) is 0 Å². The molecular weight excluding hydrogens is 417 g/mol. The molecule has 1 aromatic carbocycles. The Morgan fingerprint density at radius 2 is 2.04 bits per heavy atom. The van der Waals surface area contributed by atoms with Gasteiger partial charge >= 0.3 is 0 Å². The van der Waals surface area contributed by atoms with E-state index < -0.39 is 0 Å². The fraction of sp³-hybridized carbons (Fsp3) is 0.500. The standard InChI is InChI=1S/C20H27N3O2S.2ClH/c1-4-25-17-9-7-15(8-10-17)19-22-14(3)18(26-19)20(24)23-11-5-6-16(12-23)13(2)21;;/h7-10,13,16H,4-6,11-12,21H2,1-3H3;2*1H. The molecule has 28 heavy (non-hydrogen) atoms. The van der Waals surface area contributed by atoms with Crippen LogP contribution in [0.2, 0.25) is 0 Å². The number of hydrogen-bond donors (Lipinski definition) is 1. The van der Waals surface area contributed by atoms with E-state index >= 15 is 0 Å². The van der Waals surface area contributed by atoms with Gasteiger partial charge in [0.1, 0.15) is 15.6 Å². The Morgan fingerprint density at radius 3 is 2.64 bits per heavy atom. The van der Waals surface area contributed by atoms with Crippen molar-refractivity contribution in [1.82, 2.24) is 9.88 Å². The van der Waals surface area contributed by atoms with Crippen molar-refractivity contribution in [3.05, 3.63) is 34.8 Å². The van der Waals surface area contributed by atoms with Crippen LogP contribution in [0.3, 0.4) is 0 Å². The average Bonchev–Trinajstić information content (AvgIpc) is 3.04. The van der Waals surface area contributed by atoms with Crippen LogP contribution in [0.5, 0.6) is 5.75 Å². The number of hydrogen-bond acceptors (Lipinski definition) is 5. The highest BCUT2D eigenvalue weighted by Gasteiger charge is 2.28. The predicted octanol–water partition coefficient (Wildman–Crippen LogP) is 4.56. The zero-order valence-electron chi connectivity index (χ0n) is 16.5.